The summed E-state index contributed by atoms with van der Waals surface area (Å²) in [5.74, 6) is 6.76. The maximum Gasteiger partial charge on any atom is 0.230 e. The van der Waals surface area contributed by atoms with Gasteiger partial charge >= 0.3 is 0 Å². The molecule has 2 aromatic heterocycles. The number of ether oxygens (including phenoxy) is 3. The number of fused-ring (bicyclic) bond motifs is 2. The Bertz CT molecular complexity index is 3080. The predicted molar refractivity (Wildman–Crippen MR) is 253 cm³/mol. The van der Waals surface area contributed by atoms with Crippen LogP contribution in [-0.2, 0) is 0 Å². The third kappa shape index (κ3) is 10.5. The second-order valence-corrected chi connectivity index (χ2v) is 15.6. The molecule has 6 aromatic carbocycles. The van der Waals surface area contributed by atoms with Crippen LogP contribution in [0.3, 0.4) is 0 Å². The summed E-state index contributed by atoms with van der Waals surface area (Å²) in [6.07, 6.45) is 10.6. The first-order valence-corrected chi connectivity index (χ1v) is 20.9. The van der Waals surface area contributed by atoms with Crippen molar-refractivity contribution in [3.63, 3.8) is 0 Å². The van der Waals surface area contributed by atoms with Gasteiger partial charge in [0.1, 0.15) is 36.3 Å². The quantitative estimate of drug-likeness (QED) is 0.0826. The van der Waals surface area contributed by atoms with E-state index in [2.05, 4.69) is 66.6 Å². The molecule has 0 bridgehead atoms. The average Bonchev–Trinajstić information content (AvgIpc) is 3.34. The minimum absolute atomic E-state index is 0.0457. The van der Waals surface area contributed by atoms with Crippen LogP contribution in [0, 0.1) is 30.5 Å². The number of halogens is 1. The van der Waals surface area contributed by atoms with Crippen LogP contribution in [0.5, 0.6) is 17.2 Å². The standard InChI is InChI=1S/C28H24N2O3.C27H21FN2O2/c1-5-16-33-23-14-15-25-24(17-23)26(20-8-6-19(7-9-20)18(2)3)30-28(29-25)27(31)21-10-12-22(32-4)13-11-21;1-4-15-32-22-13-14-24-23(16-22)25(19-7-5-18(6-8-19)17(2)3)30-27(29-24)26(31)20-9-11-21(28)12-10-20/h1,6-15,17-18H,16H2,2-4H3;1,5-14,16-17H,15H2,2-3H3. The SMILES string of the molecule is C#CCOc1ccc2nc(C(=O)c3ccc(F)cc3)nc(-c3ccc(C(C)C)cc3)c2c1.C#CCOc1ccc2nc(C(=O)c3ccc(OC)cc3)nc(-c3ccc(C(C)C)cc3)c2c1. The second-order valence-electron chi connectivity index (χ2n) is 15.6. The number of benzene rings is 6. The van der Waals surface area contributed by atoms with Gasteiger partial charge in [0, 0.05) is 33.0 Å². The average molecular weight is 861 g/mol. The van der Waals surface area contributed by atoms with Gasteiger partial charge in [-0.1, -0.05) is 88.1 Å². The van der Waals surface area contributed by atoms with Crippen LogP contribution in [0.4, 0.5) is 4.39 Å². The molecule has 0 fully saturated rings. The summed E-state index contributed by atoms with van der Waals surface area (Å²) in [4.78, 5) is 44.6. The smallest absolute Gasteiger partial charge is 0.230 e. The van der Waals surface area contributed by atoms with E-state index in [-0.39, 0.29) is 36.4 Å². The minimum atomic E-state index is -0.411. The summed E-state index contributed by atoms with van der Waals surface area (Å²) < 4.78 is 29.7. The highest BCUT2D eigenvalue weighted by molar-refractivity contribution is 6.09. The van der Waals surface area contributed by atoms with E-state index in [1.807, 2.05) is 54.6 Å². The molecule has 8 rings (SSSR count). The van der Waals surface area contributed by atoms with Crippen molar-refractivity contribution in [2.75, 3.05) is 20.3 Å². The molecule has 8 aromatic rings. The summed E-state index contributed by atoms with van der Waals surface area (Å²) in [6.45, 7) is 8.86. The number of carbonyl (C=O) groups is 2. The molecule has 2 heterocycles. The van der Waals surface area contributed by atoms with E-state index in [0.717, 1.165) is 21.9 Å². The van der Waals surface area contributed by atoms with Crippen LogP contribution in [0.2, 0.25) is 0 Å². The summed E-state index contributed by atoms with van der Waals surface area (Å²) >= 11 is 0. The van der Waals surface area contributed by atoms with Gasteiger partial charge in [0.2, 0.25) is 23.2 Å². The van der Waals surface area contributed by atoms with Crippen molar-refractivity contribution in [2.45, 2.75) is 39.5 Å². The van der Waals surface area contributed by atoms with Gasteiger partial charge in [-0.05, 0) is 108 Å². The molecule has 0 amide bonds. The molecular weight excluding hydrogens is 816 g/mol. The van der Waals surface area contributed by atoms with Crippen molar-refractivity contribution in [1.82, 2.24) is 19.9 Å². The van der Waals surface area contributed by atoms with E-state index in [1.54, 1.807) is 49.6 Å². The second kappa shape index (κ2) is 20.3. The number of carbonyl (C=O) groups excluding carboxylic acids is 2. The Labute approximate surface area is 377 Å². The largest absolute Gasteiger partial charge is 0.497 e. The molecule has 9 nitrogen and oxygen atoms in total. The number of rotatable bonds is 13. The van der Waals surface area contributed by atoms with E-state index in [1.165, 1.54) is 35.4 Å². The lowest BCUT2D eigenvalue weighted by molar-refractivity contribution is 0.102. The minimum Gasteiger partial charge on any atom is -0.497 e. The number of methoxy groups -OCH3 is 1. The van der Waals surface area contributed by atoms with E-state index in [9.17, 15) is 14.0 Å². The fraction of sp³-hybridized carbons (Fsp3) is 0.164. The van der Waals surface area contributed by atoms with E-state index in [0.29, 0.717) is 62.6 Å². The Morgan fingerprint density at radius 2 is 0.923 bits per heavy atom. The molecule has 10 heteroatoms. The molecule has 0 saturated carbocycles. The number of hydrogen-bond acceptors (Lipinski definition) is 9. The number of aromatic nitrogens is 4. The Balaban J connectivity index is 0.000000194. The molecule has 0 atom stereocenters. The predicted octanol–water partition coefficient (Wildman–Crippen LogP) is 11.5. The van der Waals surface area contributed by atoms with Gasteiger partial charge in [-0.2, -0.15) is 0 Å². The van der Waals surface area contributed by atoms with E-state index < -0.39 is 5.82 Å². The van der Waals surface area contributed by atoms with Crippen LogP contribution in [0.25, 0.3) is 44.3 Å². The molecule has 0 N–H and O–H groups in total. The highest BCUT2D eigenvalue weighted by Gasteiger charge is 2.20. The van der Waals surface area contributed by atoms with Gasteiger partial charge in [-0.3, -0.25) is 9.59 Å². The van der Waals surface area contributed by atoms with Crippen molar-refractivity contribution in [1.29, 1.82) is 0 Å². The Kier molecular flexibility index (Phi) is 14.0. The molecule has 0 aliphatic heterocycles. The fourth-order valence-corrected chi connectivity index (χ4v) is 6.94. The Morgan fingerprint density at radius 3 is 1.29 bits per heavy atom. The molecule has 0 aliphatic rings. The fourth-order valence-electron chi connectivity index (χ4n) is 6.94. The van der Waals surface area contributed by atoms with Crippen LogP contribution in [0.1, 0.15) is 83.0 Å². The lowest BCUT2D eigenvalue weighted by atomic mass is 9.99. The zero-order chi connectivity index (χ0) is 46.0. The van der Waals surface area contributed by atoms with Gasteiger partial charge in [0.25, 0.3) is 0 Å². The van der Waals surface area contributed by atoms with Gasteiger partial charge in [0.05, 0.1) is 29.5 Å². The number of terminal acetylenes is 2. The van der Waals surface area contributed by atoms with Crippen LogP contribution < -0.4 is 14.2 Å². The number of hydrogen-bond donors (Lipinski definition) is 0. The zero-order valence-corrected chi connectivity index (χ0v) is 36.6. The first-order chi connectivity index (χ1) is 31.5. The highest BCUT2D eigenvalue weighted by atomic mass is 19.1. The Morgan fingerprint density at radius 1 is 0.538 bits per heavy atom. The van der Waals surface area contributed by atoms with E-state index >= 15 is 0 Å². The zero-order valence-electron chi connectivity index (χ0n) is 36.6. The van der Waals surface area contributed by atoms with Crippen molar-refractivity contribution in [2.24, 2.45) is 0 Å². The summed E-state index contributed by atoms with van der Waals surface area (Å²) in [5.41, 5.74) is 7.51. The lowest BCUT2D eigenvalue weighted by Gasteiger charge is -2.12. The molecule has 0 aliphatic carbocycles. The molecule has 0 radical (unpaired) electrons. The molecule has 0 spiro atoms. The van der Waals surface area contributed by atoms with Crippen molar-refractivity contribution in [3.8, 4) is 64.5 Å². The topological polar surface area (TPSA) is 113 Å². The number of ketones is 2. The first kappa shape index (κ1) is 44.8. The molecule has 65 heavy (non-hydrogen) atoms. The van der Waals surface area contributed by atoms with E-state index in [4.69, 9.17) is 32.0 Å². The normalized spacial score (nSPS) is 10.8. The van der Waals surface area contributed by atoms with Gasteiger partial charge in [0.15, 0.2) is 0 Å². The maximum absolute atomic E-state index is 13.3. The van der Waals surface area contributed by atoms with Crippen molar-refractivity contribution >= 4 is 33.4 Å². The summed E-state index contributed by atoms with van der Waals surface area (Å²) in [5, 5.41) is 1.53. The van der Waals surface area contributed by atoms with Crippen molar-refractivity contribution < 1.29 is 28.2 Å². The maximum atomic E-state index is 13.3. The van der Waals surface area contributed by atoms with Crippen LogP contribution in [0.15, 0.2) is 133 Å². The van der Waals surface area contributed by atoms with Gasteiger partial charge in [-0.25, -0.2) is 24.3 Å². The molecule has 0 unspecified atom stereocenters. The third-order valence-corrected chi connectivity index (χ3v) is 10.5. The van der Waals surface area contributed by atoms with Crippen LogP contribution in [-0.4, -0.2) is 51.8 Å². The summed E-state index contributed by atoms with van der Waals surface area (Å²) in [7, 11) is 1.58. The highest BCUT2D eigenvalue weighted by Crippen LogP contribution is 2.33. The molecule has 0 saturated heterocycles. The molecule has 322 valence electrons. The van der Waals surface area contributed by atoms with Gasteiger partial charge < -0.3 is 14.2 Å². The lowest BCUT2D eigenvalue weighted by Crippen LogP contribution is -2.09. The van der Waals surface area contributed by atoms with Crippen molar-refractivity contribution in [3.05, 3.63) is 173 Å². The molecular formula is C55H45FN4O5. The third-order valence-electron chi connectivity index (χ3n) is 10.5. The van der Waals surface area contributed by atoms with Gasteiger partial charge in [-0.15, -0.1) is 12.8 Å². The number of nitrogens with zero attached hydrogens (tertiary/aromatic N) is 4. The van der Waals surface area contributed by atoms with Crippen LogP contribution >= 0.6 is 0 Å². The monoisotopic (exact) mass is 860 g/mol. The first-order valence-electron chi connectivity index (χ1n) is 20.9. The Hall–Kier alpha value is -8.21. The summed E-state index contributed by atoms with van der Waals surface area (Å²) in [6, 6.07) is 39.4.